The van der Waals surface area contributed by atoms with Crippen molar-refractivity contribution in [3.63, 3.8) is 0 Å². The molecule has 0 radical (unpaired) electrons. The van der Waals surface area contributed by atoms with Crippen LogP contribution in [0.3, 0.4) is 0 Å². The van der Waals surface area contributed by atoms with E-state index in [0.717, 1.165) is 18.3 Å². The van der Waals surface area contributed by atoms with Gasteiger partial charge in [0.1, 0.15) is 0 Å². The lowest BCUT2D eigenvalue weighted by molar-refractivity contribution is 0.216. The predicted octanol–water partition coefficient (Wildman–Crippen LogP) is 4.89. The van der Waals surface area contributed by atoms with Crippen molar-refractivity contribution in [1.29, 1.82) is 0 Å². The first-order valence-corrected chi connectivity index (χ1v) is 9.55. The lowest BCUT2D eigenvalue weighted by Crippen LogP contribution is -2.37. The van der Waals surface area contributed by atoms with Crippen molar-refractivity contribution in [3.8, 4) is 0 Å². The van der Waals surface area contributed by atoms with Crippen LogP contribution in [0.5, 0.6) is 0 Å². The molecule has 120 valence electrons. The van der Waals surface area contributed by atoms with Crippen LogP contribution in [0.25, 0.3) is 0 Å². The highest BCUT2D eigenvalue weighted by molar-refractivity contribution is 7.11. The van der Waals surface area contributed by atoms with Gasteiger partial charge in [0.25, 0.3) is 0 Å². The molecule has 21 heavy (non-hydrogen) atoms. The lowest BCUT2D eigenvalue weighted by Gasteiger charge is -2.33. The molecular weight excluding hydrogens is 276 g/mol. The molecule has 0 amide bonds. The number of likely N-dealkylation sites (N-methyl/N-ethyl adjacent to an activating group) is 1. The summed E-state index contributed by atoms with van der Waals surface area (Å²) in [5.41, 5.74) is 1.22. The maximum atomic E-state index is 4.73. The maximum absolute atomic E-state index is 4.73. The van der Waals surface area contributed by atoms with Gasteiger partial charge in [-0.05, 0) is 45.6 Å². The summed E-state index contributed by atoms with van der Waals surface area (Å²) in [6.07, 6.45) is 11.0. The monoisotopic (exact) mass is 308 g/mol. The highest BCUT2D eigenvalue weighted by atomic mass is 32.1. The molecule has 1 aromatic heterocycles. The van der Waals surface area contributed by atoms with E-state index in [0.29, 0.717) is 6.04 Å². The van der Waals surface area contributed by atoms with Crippen LogP contribution >= 0.6 is 11.3 Å². The molecule has 1 atom stereocenters. The summed E-state index contributed by atoms with van der Waals surface area (Å²) in [6.45, 7) is 6.62. The summed E-state index contributed by atoms with van der Waals surface area (Å²) >= 11 is 1.88. The predicted molar refractivity (Wildman–Crippen MR) is 93.1 cm³/mol. The SMILES string of the molecule is CCCCC1CCC(C(Cc2nc(C)c(C)s2)NC)CC1. The summed E-state index contributed by atoms with van der Waals surface area (Å²) in [5.74, 6) is 1.85. The molecule has 1 aromatic rings. The summed E-state index contributed by atoms with van der Waals surface area (Å²) in [5, 5.41) is 4.89. The number of aromatic nitrogens is 1. The fourth-order valence-corrected chi connectivity index (χ4v) is 4.68. The Morgan fingerprint density at radius 3 is 2.48 bits per heavy atom. The van der Waals surface area contributed by atoms with Gasteiger partial charge in [-0.15, -0.1) is 11.3 Å². The molecule has 0 aliphatic heterocycles. The van der Waals surface area contributed by atoms with Gasteiger partial charge in [-0.2, -0.15) is 0 Å². The second kappa shape index (κ2) is 8.28. The highest BCUT2D eigenvalue weighted by Crippen LogP contribution is 2.34. The third kappa shape index (κ3) is 4.79. The van der Waals surface area contributed by atoms with E-state index in [9.17, 15) is 0 Å². The van der Waals surface area contributed by atoms with E-state index in [1.807, 2.05) is 11.3 Å². The number of thiazole rings is 1. The molecule has 0 bridgehead atoms. The van der Waals surface area contributed by atoms with Crippen LogP contribution in [0.15, 0.2) is 0 Å². The minimum atomic E-state index is 0.613. The third-order valence-corrected chi connectivity index (χ3v) is 6.36. The molecule has 2 nitrogen and oxygen atoms in total. The van der Waals surface area contributed by atoms with Gasteiger partial charge in [0, 0.05) is 17.3 Å². The maximum Gasteiger partial charge on any atom is 0.0946 e. The van der Waals surface area contributed by atoms with Gasteiger partial charge in [-0.1, -0.05) is 39.0 Å². The average Bonchev–Trinajstić information content (AvgIpc) is 2.81. The first-order valence-electron chi connectivity index (χ1n) is 8.74. The van der Waals surface area contributed by atoms with Gasteiger partial charge in [0.05, 0.1) is 10.7 Å². The standard InChI is InChI=1S/C18H32N2S/c1-5-6-7-15-8-10-16(11-9-15)17(19-4)12-18-20-13(2)14(3)21-18/h15-17,19H,5-12H2,1-4H3. The van der Waals surface area contributed by atoms with Crippen molar-refractivity contribution in [2.45, 2.75) is 78.2 Å². The van der Waals surface area contributed by atoms with Crippen molar-refractivity contribution < 1.29 is 0 Å². The smallest absolute Gasteiger partial charge is 0.0946 e. The molecule has 1 unspecified atom stereocenters. The largest absolute Gasteiger partial charge is 0.316 e. The second-order valence-corrected chi connectivity index (χ2v) is 8.06. The van der Waals surface area contributed by atoms with Gasteiger partial charge >= 0.3 is 0 Å². The fraction of sp³-hybridized carbons (Fsp3) is 0.833. The van der Waals surface area contributed by atoms with Gasteiger partial charge in [-0.25, -0.2) is 4.98 Å². The number of hydrogen-bond donors (Lipinski definition) is 1. The summed E-state index contributed by atoms with van der Waals surface area (Å²) in [4.78, 5) is 6.10. The van der Waals surface area contributed by atoms with Crippen molar-refractivity contribution in [2.24, 2.45) is 11.8 Å². The van der Waals surface area contributed by atoms with E-state index in [2.05, 4.69) is 33.1 Å². The van der Waals surface area contributed by atoms with Crippen LogP contribution in [0, 0.1) is 25.7 Å². The number of nitrogens with one attached hydrogen (secondary N) is 1. The Kier molecular flexibility index (Phi) is 6.69. The molecule has 1 saturated carbocycles. The number of hydrogen-bond acceptors (Lipinski definition) is 3. The Morgan fingerprint density at radius 2 is 1.95 bits per heavy atom. The third-order valence-electron chi connectivity index (χ3n) is 5.26. The molecule has 1 heterocycles. The van der Waals surface area contributed by atoms with Crippen molar-refractivity contribution in [2.75, 3.05) is 7.05 Å². The topological polar surface area (TPSA) is 24.9 Å². The van der Waals surface area contributed by atoms with Crippen LogP contribution in [0.4, 0.5) is 0 Å². The molecule has 0 saturated heterocycles. The van der Waals surface area contributed by atoms with Gasteiger partial charge in [0.15, 0.2) is 0 Å². The van der Waals surface area contributed by atoms with Crippen LogP contribution in [-0.4, -0.2) is 18.1 Å². The zero-order valence-electron chi connectivity index (χ0n) is 14.2. The molecule has 0 spiro atoms. The average molecular weight is 309 g/mol. The number of aryl methyl sites for hydroxylation is 2. The Labute approximate surface area is 134 Å². The van der Waals surface area contributed by atoms with E-state index in [1.54, 1.807) is 0 Å². The van der Waals surface area contributed by atoms with Gasteiger partial charge in [0.2, 0.25) is 0 Å². The van der Waals surface area contributed by atoms with E-state index in [-0.39, 0.29) is 0 Å². The van der Waals surface area contributed by atoms with E-state index >= 15 is 0 Å². The number of nitrogens with zero attached hydrogens (tertiary/aromatic N) is 1. The second-order valence-electron chi connectivity index (χ2n) is 6.77. The fourth-order valence-electron chi connectivity index (χ4n) is 3.69. The highest BCUT2D eigenvalue weighted by Gasteiger charge is 2.27. The quantitative estimate of drug-likeness (QED) is 0.776. The zero-order chi connectivity index (χ0) is 15.2. The van der Waals surface area contributed by atoms with E-state index in [1.165, 1.54) is 60.5 Å². The van der Waals surface area contributed by atoms with Crippen molar-refractivity contribution in [3.05, 3.63) is 15.6 Å². The van der Waals surface area contributed by atoms with Gasteiger partial charge < -0.3 is 5.32 Å². The Bertz CT molecular complexity index is 399. The molecular formula is C18H32N2S. The number of unbranched alkanes of at least 4 members (excludes halogenated alkanes) is 1. The van der Waals surface area contributed by atoms with Crippen LogP contribution in [0.2, 0.25) is 0 Å². The van der Waals surface area contributed by atoms with Gasteiger partial charge in [-0.3, -0.25) is 0 Å². The molecule has 1 aliphatic rings. The molecule has 0 aromatic carbocycles. The minimum absolute atomic E-state index is 0.613. The molecule has 1 fully saturated rings. The van der Waals surface area contributed by atoms with E-state index < -0.39 is 0 Å². The Balaban J connectivity index is 1.84. The van der Waals surface area contributed by atoms with Crippen molar-refractivity contribution in [1.82, 2.24) is 10.3 Å². The molecule has 3 heteroatoms. The Morgan fingerprint density at radius 1 is 1.24 bits per heavy atom. The van der Waals surface area contributed by atoms with Crippen LogP contribution in [0.1, 0.15) is 67.4 Å². The summed E-state index contributed by atoms with van der Waals surface area (Å²) in [6, 6.07) is 0.613. The number of rotatable bonds is 7. The first kappa shape index (κ1) is 17.0. The molecule has 2 rings (SSSR count). The first-order chi connectivity index (χ1) is 10.1. The van der Waals surface area contributed by atoms with Crippen molar-refractivity contribution >= 4 is 11.3 Å². The lowest BCUT2D eigenvalue weighted by atomic mass is 9.76. The van der Waals surface area contributed by atoms with E-state index in [4.69, 9.17) is 4.98 Å². The van der Waals surface area contributed by atoms with Crippen LogP contribution < -0.4 is 5.32 Å². The molecule has 1 aliphatic carbocycles. The zero-order valence-corrected chi connectivity index (χ0v) is 15.1. The summed E-state index contributed by atoms with van der Waals surface area (Å²) in [7, 11) is 2.13. The Hall–Kier alpha value is -0.410. The minimum Gasteiger partial charge on any atom is -0.316 e. The normalized spacial score (nSPS) is 24.2. The van der Waals surface area contributed by atoms with Crippen LogP contribution in [-0.2, 0) is 6.42 Å². The molecule has 1 N–H and O–H groups in total. The summed E-state index contributed by atoms with van der Waals surface area (Å²) < 4.78 is 0.